The quantitative estimate of drug-likeness (QED) is 0.736. The van der Waals surface area contributed by atoms with Crippen molar-refractivity contribution in [3.8, 4) is 11.5 Å². The van der Waals surface area contributed by atoms with Gasteiger partial charge in [-0.25, -0.2) is 0 Å². The van der Waals surface area contributed by atoms with Gasteiger partial charge in [0.05, 0.1) is 24.3 Å². The molecule has 1 aromatic rings. The first-order valence-electron chi connectivity index (χ1n) is 4.47. The van der Waals surface area contributed by atoms with E-state index in [4.69, 9.17) is 22.1 Å². The number of aliphatic hydroxyl groups is 1. The number of methoxy groups -OCH3 is 1. The summed E-state index contributed by atoms with van der Waals surface area (Å²) in [5, 5.41) is 19.0. The molecule has 0 aliphatic carbocycles. The fourth-order valence-corrected chi connectivity index (χ4v) is 1.44. The smallest absolute Gasteiger partial charge is 0.176 e. The molecule has 0 saturated carbocycles. The molecule has 2 atom stereocenters. The zero-order chi connectivity index (χ0) is 11.6. The van der Waals surface area contributed by atoms with E-state index in [1.54, 1.807) is 13.0 Å². The SMILES string of the molecule is COc1cc([C@@H](N)[C@H](C)O)cc(Cl)c1O. The fraction of sp³-hybridized carbons (Fsp3) is 0.400. The highest BCUT2D eigenvalue weighted by atomic mass is 35.5. The van der Waals surface area contributed by atoms with Gasteiger partial charge in [-0.15, -0.1) is 0 Å². The second kappa shape index (κ2) is 4.70. The van der Waals surface area contributed by atoms with Crippen molar-refractivity contribution in [3.63, 3.8) is 0 Å². The van der Waals surface area contributed by atoms with E-state index in [0.29, 0.717) is 5.56 Å². The normalized spacial score (nSPS) is 14.7. The lowest BCUT2D eigenvalue weighted by Crippen LogP contribution is -2.23. The standard InChI is InChI=1S/C10H14ClNO3/c1-5(13)9(12)6-3-7(11)10(14)8(4-6)15-2/h3-5,9,13-14H,12H2,1-2H3/t5-,9-/m0/s1. The van der Waals surface area contributed by atoms with Crippen LogP contribution in [-0.2, 0) is 0 Å². The van der Waals surface area contributed by atoms with Crippen molar-refractivity contribution >= 4 is 11.6 Å². The molecule has 0 saturated heterocycles. The molecule has 1 rings (SSSR count). The number of phenols is 1. The molecular formula is C10H14ClNO3. The molecule has 5 heteroatoms. The number of benzene rings is 1. The average molecular weight is 232 g/mol. The fourth-order valence-electron chi connectivity index (χ4n) is 1.22. The molecule has 0 aromatic heterocycles. The van der Waals surface area contributed by atoms with E-state index in [1.165, 1.54) is 13.2 Å². The van der Waals surface area contributed by atoms with Crippen molar-refractivity contribution in [2.75, 3.05) is 7.11 Å². The van der Waals surface area contributed by atoms with E-state index in [-0.39, 0.29) is 16.5 Å². The summed E-state index contributed by atoms with van der Waals surface area (Å²) in [6.45, 7) is 1.58. The minimum atomic E-state index is -0.699. The Morgan fingerprint density at radius 3 is 2.53 bits per heavy atom. The van der Waals surface area contributed by atoms with Gasteiger partial charge in [-0.3, -0.25) is 0 Å². The van der Waals surface area contributed by atoms with Crippen LogP contribution in [0.4, 0.5) is 0 Å². The van der Waals surface area contributed by atoms with Gasteiger partial charge < -0.3 is 20.7 Å². The van der Waals surface area contributed by atoms with Crippen LogP contribution in [0.3, 0.4) is 0 Å². The highest BCUT2D eigenvalue weighted by molar-refractivity contribution is 6.32. The zero-order valence-electron chi connectivity index (χ0n) is 8.57. The Labute approximate surface area is 93.2 Å². The van der Waals surface area contributed by atoms with E-state index in [2.05, 4.69) is 0 Å². The Kier molecular flexibility index (Phi) is 3.79. The largest absolute Gasteiger partial charge is 0.503 e. The molecule has 0 unspecified atom stereocenters. The number of hydrogen-bond donors (Lipinski definition) is 3. The molecule has 4 N–H and O–H groups in total. The van der Waals surface area contributed by atoms with Gasteiger partial charge in [0.2, 0.25) is 0 Å². The van der Waals surface area contributed by atoms with E-state index in [0.717, 1.165) is 0 Å². The van der Waals surface area contributed by atoms with E-state index in [1.807, 2.05) is 0 Å². The van der Waals surface area contributed by atoms with Crippen LogP contribution < -0.4 is 10.5 Å². The molecule has 15 heavy (non-hydrogen) atoms. The summed E-state index contributed by atoms with van der Waals surface area (Å²) in [6.07, 6.45) is -0.699. The van der Waals surface area contributed by atoms with Crippen LogP contribution in [-0.4, -0.2) is 23.4 Å². The molecule has 0 amide bonds. The van der Waals surface area contributed by atoms with Gasteiger partial charge in [0.1, 0.15) is 0 Å². The Morgan fingerprint density at radius 1 is 1.47 bits per heavy atom. The second-order valence-electron chi connectivity index (χ2n) is 3.32. The Balaban J connectivity index is 3.16. The minimum Gasteiger partial charge on any atom is -0.503 e. The first kappa shape index (κ1) is 12.1. The van der Waals surface area contributed by atoms with Gasteiger partial charge in [0.25, 0.3) is 0 Å². The lowest BCUT2D eigenvalue weighted by molar-refractivity contribution is 0.164. The number of aromatic hydroxyl groups is 1. The first-order valence-corrected chi connectivity index (χ1v) is 4.85. The van der Waals surface area contributed by atoms with E-state index < -0.39 is 12.1 Å². The summed E-state index contributed by atoms with van der Waals surface area (Å²) in [6, 6.07) is 2.51. The van der Waals surface area contributed by atoms with Crippen LogP contribution in [0.15, 0.2) is 12.1 Å². The van der Waals surface area contributed by atoms with Crippen molar-refractivity contribution in [1.29, 1.82) is 0 Å². The molecule has 1 aromatic carbocycles. The zero-order valence-corrected chi connectivity index (χ0v) is 9.32. The molecule has 0 aliphatic rings. The van der Waals surface area contributed by atoms with Gasteiger partial charge in [0.15, 0.2) is 11.5 Å². The molecule has 0 aliphatic heterocycles. The van der Waals surface area contributed by atoms with Gasteiger partial charge >= 0.3 is 0 Å². The monoisotopic (exact) mass is 231 g/mol. The molecular weight excluding hydrogens is 218 g/mol. The number of nitrogens with two attached hydrogens (primary N) is 1. The van der Waals surface area contributed by atoms with Crippen molar-refractivity contribution in [3.05, 3.63) is 22.7 Å². The van der Waals surface area contributed by atoms with Gasteiger partial charge in [-0.05, 0) is 24.6 Å². The third-order valence-electron chi connectivity index (χ3n) is 2.18. The summed E-state index contributed by atoms with van der Waals surface area (Å²) >= 11 is 5.78. The van der Waals surface area contributed by atoms with Crippen LogP contribution in [0, 0.1) is 0 Å². The highest BCUT2D eigenvalue weighted by Crippen LogP contribution is 2.36. The van der Waals surface area contributed by atoms with Crippen molar-refractivity contribution in [1.82, 2.24) is 0 Å². The Bertz CT molecular complexity index is 355. The number of halogens is 1. The second-order valence-corrected chi connectivity index (χ2v) is 3.73. The third kappa shape index (κ3) is 2.53. The molecule has 0 bridgehead atoms. The number of hydrogen-bond acceptors (Lipinski definition) is 4. The lowest BCUT2D eigenvalue weighted by Gasteiger charge is -2.17. The minimum absolute atomic E-state index is 0.124. The van der Waals surface area contributed by atoms with Gasteiger partial charge in [-0.1, -0.05) is 11.6 Å². The molecule has 0 spiro atoms. The maximum Gasteiger partial charge on any atom is 0.176 e. The van der Waals surface area contributed by atoms with Crippen LogP contribution in [0.25, 0.3) is 0 Å². The summed E-state index contributed by atoms with van der Waals surface area (Å²) in [7, 11) is 1.42. The number of aliphatic hydroxyl groups excluding tert-OH is 1. The summed E-state index contributed by atoms with van der Waals surface area (Å²) in [4.78, 5) is 0. The molecule has 0 fully saturated rings. The Hall–Kier alpha value is -0.970. The maximum atomic E-state index is 9.48. The topological polar surface area (TPSA) is 75.7 Å². The summed E-state index contributed by atoms with van der Waals surface area (Å²) in [5.74, 6) is 0.120. The van der Waals surface area contributed by atoms with Crippen molar-refractivity contribution in [2.45, 2.75) is 19.1 Å². The van der Waals surface area contributed by atoms with Crippen molar-refractivity contribution < 1.29 is 14.9 Å². The molecule has 0 radical (unpaired) electrons. The van der Waals surface area contributed by atoms with Crippen molar-refractivity contribution in [2.24, 2.45) is 5.73 Å². The first-order chi connectivity index (χ1) is 6.97. The highest BCUT2D eigenvalue weighted by Gasteiger charge is 2.16. The molecule has 84 valence electrons. The van der Waals surface area contributed by atoms with Crippen LogP contribution >= 0.6 is 11.6 Å². The predicted molar refractivity (Wildman–Crippen MR) is 58.3 cm³/mol. The number of phenolic OH excluding ortho intramolecular Hbond substituents is 1. The van der Waals surface area contributed by atoms with Crippen LogP contribution in [0.1, 0.15) is 18.5 Å². The number of ether oxygens (including phenoxy) is 1. The molecule has 0 heterocycles. The lowest BCUT2D eigenvalue weighted by atomic mass is 10.0. The maximum absolute atomic E-state index is 9.48. The Morgan fingerprint density at radius 2 is 2.07 bits per heavy atom. The van der Waals surface area contributed by atoms with E-state index in [9.17, 15) is 10.2 Å². The predicted octanol–water partition coefficient (Wildman–Crippen LogP) is 1.43. The van der Waals surface area contributed by atoms with Crippen LogP contribution in [0.5, 0.6) is 11.5 Å². The summed E-state index contributed by atoms with van der Waals surface area (Å²) in [5.41, 5.74) is 6.35. The number of rotatable bonds is 3. The average Bonchev–Trinajstić information content (AvgIpc) is 2.20. The molecule has 4 nitrogen and oxygen atoms in total. The third-order valence-corrected chi connectivity index (χ3v) is 2.46. The summed E-state index contributed by atoms with van der Waals surface area (Å²) < 4.78 is 4.92. The van der Waals surface area contributed by atoms with Gasteiger partial charge in [0, 0.05) is 0 Å². The van der Waals surface area contributed by atoms with E-state index >= 15 is 0 Å². The van der Waals surface area contributed by atoms with Gasteiger partial charge in [-0.2, -0.15) is 0 Å². The van der Waals surface area contributed by atoms with Crippen LogP contribution in [0.2, 0.25) is 5.02 Å².